The molecule has 0 radical (unpaired) electrons. The van der Waals surface area contributed by atoms with Crippen LogP contribution in [0.2, 0.25) is 0 Å². The maximum Gasteiger partial charge on any atom is 0.239 e. The number of carbonyl (C=O) groups is 2. The van der Waals surface area contributed by atoms with E-state index < -0.39 is 0 Å². The van der Waals surface area contributed by atoms with Crippen LogP contribution < -0.4 is 16.4 Å². The van der Waals surface area contributed by atoms with Gasteiger partial charge in [-0.05, 0) is 19.1 Å². The molecule has 1 heterocycles. The molecule has 0 saturated heterocycles. The number of rotatable bonds is 6. The van der Waals surface area contributed by atoms with Gasteiger partial charge in [0.15, 0.2) is 0 Å². The van der Waals surface area contributed by atoms with Crippen molar-refractivity contribution < 1.29 is 9.59 Å². The van der Waals surface area contributed by atoms with Crippen molar-refractivity contribution in [1.82, 2.24) is 25.6 Å². The van der Waals surface area contributed by atoms with Crippen LogP contribution in [0.3, 0.4) is 0 Å². The maximum atomic E-state index is 11.7. The second kappa shape index (κ2) is 7.32. The molecule has 0 bridgehead atoms. The molecule has 1 atom stereocenters. The molecule has 2 rings (SSSR count). The summed E-state index contributed by atoms with van der Waals surface area (Å²) >= 11 is 0. The van der Waals surface area contributed by atoms with Gasteiger partial charge >= 0.3 is 0 Å². The van der Waals surface area contributed by atoms with Gasteiger partial charge in [-0.1, -0.05) is 23.4 Å². The van der Waals surface area contributed by atoms with E-state index in [0.717, 1.165) is 5.69 Å². The van der Waals surface area contributed by atoms with Gasteiger partial charge in [0.25, 0.3) is 0 Å². The maximum absolute atomic E-state index is 11.7. The molecule has 0 spiro atoms. The fraction of sp³-hybridized carbons (Fsp3) is 0.286. The Hall–Kier alpha value is -2.74. The third-order valence-electron chi connectivity index (χ3n) is 2.98. The normalized spacial score (nSPS) is 11.7. The minimum atomic E-state index is -0.377. The van der Waals surface area contributed by atoms with Crippen molar-refractivity contribution in [3.8, 4) is 5.69 Å². The first kappa shape index (κ1) is 15.6. The Balaban J connectivity index is 1.93. The van der Waals surface area contributed by atoms with Crippen LogP contribution in [0.1, 0.15) is 18.7 Å². The van der Waals surface area contributed by atoms with Gasteiger partial charge in [0.2, 0.25) is 11.8 Å². The quantitative estimate of drug-likeness (QED) is 0.666. The minimum Gasteiger partial charge on any atom is -0.346 e. The molecular formula is C14H18N6O2. The van der Waals surface area contributed by atoms with Gasteiger partial charge in [-0.3, -0.25) is 9.59 Å². The number of nitrogens with zero attached hydrogens (tertiary/aromatic N) is 3. The Morgan fingerprint density at radius 1 is 1.27 bits per heavy atom. The van der Waals surface area contributed by atoms with E-state index in [-0.39, 0.29) is 30.9 Å². The summed E-state index contributed by atoms with van der Waals surface area (Å²) in [5.74, 6) is -0.693. The summed E-state index contributed by atoms with van der Waals surface area (Å²) in [4.78, 5) is 22.7. The van der Waals surface area contributed by atoms with Gasteiger partial charge in [-0.2, -0.15) is 0 Å². The van der Waals surface area contributed by atoms with Gasteiger partial charge in [0, 0.05) is 0 Å². The number of para-hydroxylation sites is 1. The number of nitrogens with two attached hydrogens (primary N) is 1. The number of nitrogens with one attached hydrogen (secondary N) is 2. The Kier molecular flexibility index (Phi) is 5.21. The van der Waals surface area contributed by atoms with Crippen LogP contribution >= 0.6 is 0 Å². The van der Waals surface area contributed by atoms with Gasteiger partial charge in [-0.15, -0.1) is 5.10 Å². The molecule has 4 N–H and O–H groups in total. The summed E-state index contributed by atoms with van der Waals surface area (Å²) in [5, 5.41) is 13.2. The van der Waals surface area contributed by atoms with Crippen LogP contribution in [0.15, 0.2) is 36.5 Å². The Morgan fingerprint density at radius 3 is 2.68 bits per heavy atom. The first-order chi connectivity index (χ1) is 10.6. The molecule has 0 aliphatic heterocycles. The molecule has 2 amide bonds. The van der Waals surface area contributed by atoms with E-state index in [1.54, 1.807) is 17.8 Å². The lowest BCUT2D eigenvalue weighted by atomic mass is 10.2. The van der Waals surface area contributed by atoms with Crippen molar-refractivity contribution in [3.05, 3.63) is 42.2 Å². The van der Waals surface area contributed by atoms with Gasteiger partial charge < -0.3 is 16.4 Å². The number of amides is 2. The lowest BCUT2D eigenvalue weighted by molar-refractivity contribution is -0.125. The lowest BCUT2D eigenvalue weighted by Gasteiger charge is -2.11. The molecule has 22 heavy (non-hydrogen) atoms. The molecule has 1 aromatic heterocycles. The van der Waals surface area contributed by atoms with Crippen molar-refractivity contribution in [2.75, 3.05) is 13.1 Å². The van der Waals surface area contributed by atoms with Crippen molar-refractivity contribution >= 4 is 11.8 Å². The van der Waals surface area contributed by atoms with Crippen LogP contribution in [0.4, 0.5) is 0 Å². The van der Waals surface area contributed by atoms with E-state index in [2.05, 4.69) is 20.9 Å². The molecule has 2 aromatic rings. The van der Waals surface area contributed by atoms with E-state index in [9.17, 15) is 9.59 Å². The zero-order chi connectivity index (χ0) is 15.9. The highest BCUT2D eigenvalue weighted by Gasteiger charge is 2.14. The first-order valence-electron chi connectivity index (χ1n) is 6.84. The van der Waals surface area contributed by atoms with Gasteiger partial charge in [0.05, 0.1) is 31.0 Å². The number of benzene rings is 1. The summed E-state index contributed by atoms with van der Waals surface area (Å²) in [6, 6.07) is 9.22. The molecule has 8 heteroatoms. The monoisotopic (exact) mass is 302 g/mol. The van der Waals surface area contributed by atoms with E-state index in [0.29, 0.717) is 5.69 Å². The average Bonchev–Trinajstić information content (AvgIpc) is 3.03. The summed E-state index contributed by atoms with van der Waals surface area (Å²) < 4.78 is 1.63. The summed E-state index contributed by atoms with van der Waals surface area (Å²) in [6.45, 7) is 1.53. The number of hydrogen-bond acceptors (Lipinski definition) is 5. The largest absolute Gasteiger partial charge is 0.346 e. The standard InChI is InChI=1S/C14H18N6O2/c1-10(17-14(22)8-16-13(21)7-15)12-9-20(19-18-12)11-5-3-2-4-6-11/h2-6,9-10H,7-8,15H2,1H3,(H,16,21)(H,17,22). The van der Waals surface area contributed by atoms with E-state index in [1.807, 2.05) is 30.3 Å². The van der Waals surface area contributed by atoms with Crippen molar-refractivity contribution in [2.45, 2.75) is 13.0 Å². The predicted octanol–water partition coefficient (Wildman–Crippen LogP) is -0.481. The van der Waals surface area contributed by atoms with Crippen LogP contribution in [0.25, 0.3) is 5.69 Å². The van der Waals surface area contributed by atoms with Crippen molar-refractivity contribution in [2.24, 2.45) is 5.73 Å². The number of aromatic nitrogens is 3. The Morgan fingerprint density at radius 2 is 2.00 bits per heavy atom. The van der Waals surface area contributed by atoms with Gasteiger partial charge in [0.1, 0.15) is 5.69 Å². The number of carbonyl (C=O) groups excluding carboxylic acids is 2. The lowest BCUT2D eigenvalue weighted by Crippen LogP contribution is -2.40. The zero-order valence-electron chi connectivity index (χ0n) is 12.2. The Labute approximate surface area is 127 Å². The average molecular weight is 302 g/mol. The van der Waals surface area contributed by atoms with E-state index >= 15 is 0 Å². The minimum absolute atomic E-state index is 0.118. The molecule has 0 aliphatic rings. The number of hydrogen-bond donors (Lipinski definition) is 3. The third-order valence-corrected chi connectivity index (χ3v) is 2.98. The summed E-state index contributed by atoms with van der Waals surface area (Å²) in [5.41, 5.74) is 6.66. The SMILES string of the molecule is CC(NC(=O)CNC(=O)CN)c1cn(-c2ccccc2)nn1. The predicted molar refractivity (Wildman–Crippen MR) is 80.0 cm³/mol. The highest BCUT2D eigenvalue weighted by atomic mass is 16.2. The van der Waals surface area contributed by atoms with Crippen molar-refractivity contribution in [3.63, 3.8) is 0 Å². The summed E-state index contributed by atoms with van der Waals surface area (Å²) in [6.07, 6.45) is 1.75. The van der Waals surface area contributed by atoms with Crippen LogP contribution in [-0.4, -0.2) is 39.9 Å². The molecule has 0 aliphatic carbocycles. The van der Waals surface area contributed by atoms with Crippen LogP contribution in [-0.2, 0) is 9.59 Å². The fourth-order valence-electron chi connectivity index (χ4n) is 1.80. The highest BCUT2D eigenvalue weighted by molar-refractivity contribution is 5.85. The second-order valence-electron chi connectivity index (χ2n) is 4.69. The summed E-state index contributed by atoms with van der Waals surface area (Å²) in [7, 11) is 0. The Bertz CT molecular complexity index is 640. The molecule has 1 unspecified atom stereocenters. The highest BCUT2D eigenvalue weighted by Crippen LogP contribution is 2.11. The molecule has 8 nitrogen and oxygen atoms in total. The smallest absolute Gasteiger partial charge is 0.239 e. The molecule has 1 aromatic carbocycles. The van der Waals surface area contributed by atoms with Crippen LogP contribution in [0.5, 0.6) is 0 Å². The molecular weight excluding hydrogens is 284 g/mol. The van der Waals surface area contributed by atoms with Crippen LogP contribution in [0, 0.1) is 0 Å². The first-order valence-corrected chi connectivity index (χ1v) is 6.84. The molecule has 0 fully saturated rings. The fourth-order valence-corrected chi connectivity index (χ4v) is 1.80. The van der Waals surface area contributed by atoms with Crippen molar-refractivity contribution in [1.29, 1.82) is 0 Å². The third kappa shape index (κ3) is 4.13. The topological polar surface area (TPSA) is 115 Å². The van der Waals surface area contributed by atoms with Gasteiger partial charge in [-0.25, -0.2) is 4.68 Å². The van der Waals surface area contributed by atoms with E-state index in [4.69, 9.17) is 5.73 Å². The molecule has 116 valence electrons. The zero-order valence-corrected chi connectivity index (χ0v) is 12.2. The van der Waals surface area contributed by atoms with E-state index in [1.165, 1.54) is 0 Å². The molecule has 0 saturated carbocycles. The second-order valence-corrected chi connectivity index (χ2v) is 4.69.